The van der Waals surface area contributed by atoms with Gasteiger partial charge in [-0.3, -0.25) is 0 Å². The van der Waals surface area contributed by atoms with E-state index < -0.39 is 0 Å². The Kier molecular flexibility index (Phi) is 3.66. The van der Waals surface area contributed by atoms with Crippen LogP contribution in [0.5, 0.6) is 0 Å². The highest BCUT2D eigenvalue weighted by atomic mass is 32.2. The van der Waals surface area contributed by atoms with E-state index in [1.807, 2.05) is 30.5 Å². The second-order valence-electron chi connectivity index (χ2n) is 5.23. The fourth-order valence-corrected chi connectivity index (χ4v) is 2.29. The third kappa shape index (κ3) is 3.29. The van der Waals surface area contributed by atoms with E-state index in [9.17, 15) is 0 Å². The van der Waals surface area contributed by atoms with Crippen LogP contribution in [0.4, 0.5) is 5.69 Å². The van der Waals surface area contributed by atoms with Crippen molar-refractivity contribution >= 4 is 17.4 Å². The van der Waals surface area contributed by atoms with Crippen LogP contribution in [0, 0.1) is 0 Å². The molecule has 2 aromatic rings. The number of benzene rings is 1. The Balaban J connectivity index is 2.01. The first-order valence-electron chi connectivity index (χ1n) is 5.89. The molecule has 0 bridgehead atoms. The van der Waals surface area contributed by atoms with Gasteiger partial charge in [-0.05, 0) is 18.2 Å². The van der Waals surface area contributed by atoms with E-state index in [1.54, 1.807) is 11.8 Å². The summed E-state index contributed by atoms with van der Waals surface area (Å²) in [6.07, 6.45) is 1.81. The van der Waals surface area contributed by atoms with Crippen molar-refractivity contribution in [1.29, 1.82) is 0 Å². The van der Waals surface area contributed by atoms with Gasteiger partial charge in [0.05, 0.1) is 11.9 Å². The SMILES string of the molecule is CC(C)(C)c1cnc(CSc2cccc(N)c2)o1. The third-order valence-corrected chi connectivity index (χ3v) is 3.49. The molecule has 18 heavy (non-hydrogen) atoms. The molecule has 0 aliphatic heterocycles. The lowest BCUT2D eigenvalue weighted by molar-refractivity contribution is 0.391. The smallest absolute Gasteiger partial charge is 0.204 e. The molecule has 2 N–H and O–H groups in total. The summed E-state index contributed by atoms with van der Waals surface area (Å²) < 4.78 is 5.74. The average molecular weight is 262 g/mol. The Labute approximate surface area is 112 Å². The molecule has 0 spiro atoms. The number of oxazole rings is 1. The summed E-state index contributed by atoms with van der Waals surface area (Å²) in [7, 11) is 0. The minimum atomic E-state index is 0.00704. The zero-order chi connectivity index (χ0) is 13.2. The highest BCUT2D eigenvalue weighted by Crippen LogP contribution is 2.27. The minimum Gasteiger partial charge on any atom is -0.444 e. The minimum absolute atomic E-state index is 0.00704. The number of hydrogen-bond donors (Lipinski definition) is 1. The van der Waals surface area contributed by atoms with Gasteiger partial charge in [-0.25, -0.2) is 4.98 Å². The molecule has 3 nitrogen and oxygen atoms in total. The second-order valence-corrected chi connectivity index (χ2v) is 6.28. The van der Waals surface area contributed by atoms with Crippen LogP contribution in [0.15, 0.2) is 39.8 Å². The van der Waals surface area contributed by atoms with E-state index in [1.165, 1.54) is 0 Å². The van der Waals surface area contributed by atoms with Crippen molar-refractivity contribution in [2.75, 3.05) is 5.73 Å². The van der Waals surface area contributed by atoms with Crippen molar-refractivity contribution < 1.29 is 4.42 Å². The molecule has 0 amide bonds. The van der Waals surface area contributed by atoms with Gasteiger partial charge in [-0.2, -0.15) is 0 Å². The van der Waals surface area contributed by atoms with E-state index in [2.05, 4.69) is 25.8 Å². The third-order valence-electron chi connectivity index (χ3n) is 2.51. The maximum absolute atomic E-state index is 5.74. The lowest BCUT2D eigenvalue weighted by Crippen LogP contribution is -2.09. The van der Waals surface area contributed by atoms with Crippen LogP contribution in [-0.4, -0.2) is 4.98 Å². The largest absolute Gasteiger partial charge is 0.444 e. The lowest BCUT2D eigenvalue weighted by atomic mass is 9.94. The second kappa shape index (κ2) is 5.06. The van der Waals surface area contributed by atoms with Crippen LogP contribution in [0.2, 0.25) is 0 Å². The zero-order valence-electron chi connectivity index (χ0n) is 10.9. The van der Waals surface area contributed by atoms with Gasteiger partial charge in [-0.1, -0.05) is 26.8 Å². The van der Waals surface area contributed by atoms with Crippen LogP contribution in [-0.2, 0) is 11.2 Å². The number of nitrogen functional groups attached to an aromatic ring is 1. The van der Waals surface area contributed by atoms with E-state index in [0.717, 1.165) is 28.0 Å². The first-order valence-corrected chi connectivity index (χ1v) is 6.87. The molecule has 2 rings (SSSR count). The van der Waals surface area contributed by atoms with Gasteiger partial charge in [0.15, 0.2) is 0 Å². The molecule has 0 saturated heterocycles. The molecule has 0 unspecified atom stereocenters. The van der Waals surface area contributed by atoms with Gasteiger partial charge < -0.3 is 10.2 Å². The van der Waals surface area contributed by atoms with E-state index >= 15 is 0 Å². The van der Waals surface area contributed by atoms with Crippen LogP contribution in [0.25, 0.3) is 0 Å². The summed E-state index contributed by atoms with van der Waals surface area (Å²) in [4.78, 5) is 5.43. The highest BCUT2D eigenvalue weighted by molar-refractivity contribution is 7.98. The summed E-state index contributed by atoms with van der Waals surface area (Å²) in [5.74, 6) is 2.40. The molecular weight excluding hydrogens is 244 g/mol. The van der Waals surface area contributed by atoms with Gasteiger partial charge in [-0.15, -0.1) is 11.8 Å². The Morgan fingerprint density at radius 2 is 2.11 bits per heavy atom. The van der Waals surface area contributed by atoms with Crippen molar-refractivity contribution in [3.8, 4) is 0 Å². The number of nitrogens with two attached hydrogens (primary N) is 1. The lowest BCUT2D eigenvalue weighted by Gasteiger charge is -2.13. The average Bonchev–Trinajstić information content (AvgIpc) is 2.74. The Bertz CT molecular complexity index is 529. The molecule has 4 heteroatoms. The predicted octanol–water partition coefficient (Wildman–Crippen LogP) is 3.85. The highest BCUT2D eigenvalue weighted by Gasteiger charge is 2.19. The molecule has 0 fully saturated rings. The fraction of sp³-hybridized carbons (Fsp3) is 0.357. The summed E-state index contributed by atoms with van der Waals surface area (Å²) in [6.45, 7) is 6.34. The fourth-order valence-electron chi connectivity index (χ4n) is 1.47. The van der Waals surface area contributed by atoms with Gasteiger partial charge in [0.1, 0.15) is 5.76 Å². The van der Waals surface area contributed by atoms with Gasteiger partial charge in [0.2, 0.25) is 5.89 Å². The number of anilines is 1. The van der Waals surface area contributed by atoms with Gasteiger partial charge >= 0.3 is 0 Å². The van der Waals surface area contributed by atoms with E-state index in [4.69, 9.17) is 10.2 Å². The van der Waals surface area contributed by atoms with Crippen molar-refractivity contribution in [1.82, 2.24) is 4.98 Å². The molecule has 0 saturated carbocycles. The molecule has 0 radical (unpaired) electrons. The first-order chi connectivity index (χ1) is 8.45. The van der Waals surface area contributed by atoms with Crippen molar-refractivity contribution in [2.24, 2.45) is 0 Å². The quantitative estimate of drug-likeness (QED) is 0.674. The first kappa shape index (κ1) is 13.0. The van der Waals surface area contributed by atoms with E-state index in [0.29, 0.717) is 0 Å². The van der Waals surface area contributed by atoms with Gasteiger partial charge in [0, 0.05) is 16.0 Å². The van der Waals surface area contributed by atoms with Crippen molar-refractivity contribution in [3.05, 3.63) is 42.1 Å². The Hall–Kier alpha value is -1.42. The summed E-state index contributed by atoms with van der Waals surface area (Å²) in [6, 6.07) is 7.83. The van der Waals surface area contributed by atoms with Crippen LogP contribution in [0.3, 0.4) is 0 Å². The van der Waals surface area contributed by atoms with Crippen molar-refractivity contribution in [2.45, 2.75) is 36.8 Å². The monoisotopic (exact) mass is 262 g/mol. The molecule has 96 valence electrons. The molecule has 1 heterocycles. The van der Waals surface area contributed by atoms with Gasteiger partial charge in [0.25, 0.3) is 0 Å². The Morgan fingerprint density at radius 1 is 1.33 bits per heavy atom. The molecule has 1 aromatic carbocycles. The number of rotatable bonds is 3. The molecule has 0 aliphatic rings. The standard InChI is InChI=1S/C14H18N2OS/c1-14(2,3)12-8-16-13(17-12)9-18-11-6-4-5-10(15)7-11/h4-8H,9,15H2,1-3H3. The summed E-state index contributed by atoms with van der Waals surface area (Å²) >= 11 is 1.68. The molecule has 1 aromatic heterocycles. The van der Waals surface area contributed by atoms with E-state index in [-0.39, 0.29) is 5.41 Å². The summed E-state index contributed by atoms with van der Waals surface area (Å²) in [5, 5.41) is 0. The van der Waals surface area contributed by atoms with Crippen LogP contribution in [0.1, 0.15) is 32.4 Å². The maximum atomic E-state index is 5.74. The number of aromatic nitrogens is 1. The topological polar surface area (TPSA) is 52.0 Å². The zero-order valence-corrected chi connectivity index (χ0v) is 11.8. The number of nitrogens with zero attached hydrogens (tertiary/aromatic N) is 1. The summed E-state index contributed by atoms with van der Waals surface area (Å²) in [5.41, 5.74) is 6.52. The van der Waals surface area contributed by atoms with Crippen molar-refractivity contribution in [3.63, 3.8) is 0 Å². The number of thioether (sulfide) groups is 1. The van der Waals surface area contributed by atoms with Crippen LogP contribution >= 0.6 is 11.8 Å². The Morgan fingerprint density at radius 3 is 2.72 bits per heavy atom. The maximum Gasteiger partial charge on any atom is 0.204 e. The predicted molar refractivity (Wildman–Crippen MR) is 75.6 cm³/mol. The molecular formula is C14H18N2OS. The van der Waals surface area contributed by atoms with Crippen LogP contribution < -0.4 is 5.73 Å². The molecule has 0 atom stereocenters. The normalized spacial score (nSPS) is 11.7. The molecule has 0 aliphatic carbocycles. The number of hydrogen-bond acceptors (Lipinski definition) is 4.